The van der Waals surface area contributed by atoms with Gasteiger partial charge in [0, 0.05) is 43.6 Å². The van der Waals surface area contributed by atoms with Gasteiger partial charge in [-0.05, 0) is 88.6 Å². The number of rotatable bonds is 10. The minimum Gasteiger partial charge on any atom is -0.385 e. The van der Waals surface area contributed by atoms with Gasteiger partial charge in [-0.25, -0.2) is 4.99 Å². The number of hydrogen-bond donors (Lipinski definition) is 3. The molecule has 3 N–H and O–H groups in total. The van der Waals surface area contributed by atoms with E-state index in [-0.39, 0.29) is 11.6 Å². The molecular formula is C29H42F3N5O. The third-order valence-electron chi connectivity index (χ3n) is 7.11. The fraction of sp³-hybridized carbons (Fsp3) is 0.586. The van der Waals surface area contributed by atoms with Crippen LogP contribution in [0, 0.1) is 6.92 Å². The first kappa shape index (κ1) is 29.7. The third-order valence-corrected chi connectivity index (χ3v) is 7.11. The van der Waals surface area contributed by atoms with E-state index in [0.717, 1.165) is 62.8 Å². The normalized spacial score (nSPS) is 18.6. The molecule has 0 bridgehead atoms. The maximum atomic E-state index is 14.0. The van der Waals surface area contributed by atoms with E-state index in [1.165, 1.54) is 11.6 Å². The molecule has 2 saturated heterocycles. The lowest BCUT2D eigenvalue weighted by Crippen LogP contribution is -2.37. The van der Waals surface area contributed by atoms with Crippen LogP contribution in [0.25, 0.3) is 0 Å². The lowest BCUT2D eigenvalue weighted by Gasteiger charge is -2.27. The number of nitrogens with zero attached hydrogens (tertiary/aromatic N) is 2. The first-order valence-electron chi connectivity index (χ1n) is 13.8. The van der Waals surface area contributed by atoms with Gasteiger partial charge in [0.2, 0.25) is 5.91 Å². The Morgan fingerprint density at radius 2 is 2.00 bits per heavy atom. The number of carbonyl (C=O) groups is 1. The van der Waals surface area contributed by atoms with Gasteiger partial charge in [0.25, 0.3) is 0 Å². The molecule has 6 nitrogen and oxygen atoms in total. The summed E-state index contributed by atoms with van der Waals surface area (Å²) in [6.45, 7) is 9.12. The first-order chi connectivity index (χ1) is 18.2. The van der Waals surface area contributed by atoms with Crippen molar-refractivity contribution in [1.29, 1.82) is 0 Å². The first-order valence-corrected chi connectivity index (χ1v) is 13.8. The molecule has 0 aromatic heterocycles. The fourth-order valence-electron chi connectivity index (χ4n) is 4.99. The second-order valence-electron chi connectivity index (χ2n) is 10.1. The van der Waals surface area contributed by atoms with Crippen molar-refractivity contribution in [2.75, 3.05) is 38.0 Å². The predicted octanol–water partition coefficient (Wildman–Crippen LogP) is 6.02. The van der Waals surface area contributed by atoms with Gasteiger partial charge in [-0.1, -0.05) is 25.1 Å². The van der Waals surface area contributed by atoms with Crippen molar-refractivity contribution in [3.8, 4) is 0 Å². The van der Waals surface area contributed by atoms with Crippen LogP contribution in [-0.4, -0.2) is 55.5 Å². The van der Waals surface area contributed by atoms with Gasteiger partial charge < -0.3 is 20.9 Å². The van der Waals surface area contributed by atoms with Crippen LogP contribution < -0.4 is 16.0 Å². The molecule has 2 heterocycles. The molecule has 1 aromatic carbocycles. The van der Waals surface area contributed by atoms with Crippen LogP contribution in [0.3, 0.4) is 0 Å². The van der Waals surface area contributed by atoms with Crippen LogP contribution >= 0.6 is 0 Å². The third kappa shape index (κ3) is 8.89. The molecule has 210 valence electrons. The maximum Gasteiger partial charge on any atom is 0.419 e. The van der Waals surface area contributed by atoms with Crippen molar-refractivity contribution in [2.45, 2.75) is 77.8 Å². The molecule has 0 saturated carbocycles. The predicted molar refractivity (Wildman–Crippen MR) is 148 cm³/mol. The highest BCUT2D eigenvalue weighted by Crippen LogP contribution is 2.31. The minimum absolute atomic E-state index is 0.0176. The van der Waals surface area contributed by atoms with Crippen molar-refractivity contribution in [2.24, 2.45) is 4.99 Å². The number of nitrogens with one attached hydrogen (secondary N) is 3. The summed E-state index contributed by atoms with van der Waals surface area (Å²) in [6, 6.07) is 6.24. The zero-order valence-electron chi connectivity index (χ0n) is 22.9. The summed E-state index contributed by atoms with van der Waals surface area (Å²) < 4.78 is 42.0. The van der Waals surface area contributed by atoms with Crippen LogP contribution in [0.15, 0.2) is 46.7 Å². The molecule has 3 rings (SSSR count). The van der Waals surface area contributed by atoms with Crippen molar-refractivity contribution < 1.29 is 18.0 Å². The zero-order chi connectivity index (χ0) is 27.5. The van der Waals surface area contributed by atoms with E-state index in [1.807, 2.05) is 13.0 Å². The van der Waals surface area contributed by atoms with Gasteiger partial charge in [-0.2, -0.15) is 13.2 Å². The molecule has 0 spiro atoms. The number of likely N-dealkylation sites (tertiary alicyclic amines) is 1. The van der Waals surface area contributed by atoms with Gasteiger partial charge in [0.05, 0.1) is 5.57 Å². The average Bonchev–Trinajstić information content (AvgIpc) is 2.88. The Bertz CT molecular complexity index is 1030. The number of hydrogen-bond acceptors (Lipinski definition) is 4. The SMILES string of the molecule is CC/C=C(NCCCN1CCCCC1=O)/C(=C\N=C(C)Nc1ccc(C2CCNCC2)cc1C)C(F)(F)F. The van der Waals surface area contributed by atoms with Crippen molar-refractivity contribution >= 4 is 17.4 Å². The van der Waals surface area contributed by atoms with E-state index in [1.54, 1.807) is 18.7 Å². The number of anilines is 1. The summed E-state index contributed by atoms with van der Waals surface area (Å²) in [7, 11) is 0. The molecule has 0 atom stereocenters. The second-order valence-corrected chi connectivity index (χ2v) is 10.1. The van der Waals surface area contributed by atoms with Crippen LogP contribution in [0.2, 0.25) is 0 Å². The number of piperidine rings is 2. The largest absolute Gasteiger partial charge is 0.419 e. The lowest BCUT2D eigenvalue weighted by molar-refractivity contribution is -0.133. The molecule has 2 fully saturated rings. The quantitative estimate of drug-likeness (QED) is 0.149. The van der Waals surface area contributed by atoms with Gasteiger partial charge in [-0.3, -0.25) is 4.79 Å². The molecule has 38 heavy (non-hydrogen) atoms. The average molecular weight is 534 g/mol. The Hall–Kier alpha value is -2.81. The number of amidine groups is 1. The number of aryl methyl sites for hydroxylation is 1. The highest BCUT2D eigenvalue weighted by atomic mass is 19.4. The summed E-state index contributed by atoms with van der Waals surface area (Å²) in [4.78, 5) is 17.9. The monoisotopic (exact) mass is 533 g/mol. The Labute approximate surface area is 224 Å². The van der Waals surface area contributed by atoms with E-state index in [4.69, 9.17) is 0 Å². The standard InChI is InChI=1S/C29H42F3N5O/c1-4-8-27(34-14-7-18-37-17-6-5-9-28(37)38)25(29(30,31)32)20-35-22(3)36-26-11-10-24(19-21(26)2)23-12-15-33-16-13-23/h8,10-11,19-20,23,33-34H,4-7,9,12-18H2,1-3H3,(H,35,36)/b25-20+,27-8-. The highest BCUT2D eigenvalue weighted by molar-refractivity contribution is 5.94. The molecule has 1 amide bonds. The number of halogens is 3. The molecule has 0 radical (unpaired) electrons. The minimum atomic E-state index is -4.56. The summed E-state index contributed by atoms with van der Waals surface area (Å²) in [6.07, 6.45) is 3.56. The van der Waals surface area contributed by atoms with E-state index < -0.39 is 11.7 Å². The van der Waals surface area contributed by atoms with Gasteiger partial charge in [0.15, 0.2) is 0 Å². The molecule has 2 aliphatic heterocycles. The van der Waals surface area contributed by atoms with Gasteiger partial charge in [-0.15, -0.1) is 0 Å². The van der Waals surface area contributed by atoms with E-state index in [2.05, 4.69) is 33.1 Å². The maximum absolute atomic E-state index is 14.0. The van der Waals surface area contributed by atoms with Crippen LogP contribution in [-0.2, 0) is 4.79 Å². The van der Waals surface area contributed by atoms with Crippen LogP contribution in [0.1, 0.15) is 75.8 Å². The second kappa shape index (κ2) is 14.4. The molecule has 0 aliphatic carbocycles. The number of allylic oxidation sites excluding steroid dienone is 2. The summed E-state index contributed by atoms with van der Waals surface area (Å²) in [5, 5.41) is 9.48. The molecular weight excluding hydrogens is 491 g/mol. The summed E-state index contributed by atoms with van der Waals surface area (Å²) >= 11 is 0. The zero-order valence-corrected chi connectivity index (χ0v) is 22.9. The Kier molecular flexibility index (Phi) is 11.2. The molecule has 0 unspecified atom stereocenters. The van der Waals surface area contributed by atoms with Crippen molar-refractivity contribution in [3.63, 3.8) is 0 Å². The topological polar surface area (TPSA) is 68.8 Å². The van der Waals surface area contributed by atoms with Crippen molar-refractivity contribution in [3.05, 3.63) is 52.9 Å². The smallest absolute Gasteiger partial charge is 0.385 e. The number of aliphatic imine (C=N–C) groups is 1. The molecule has 1 aromatic rings. The number of carbonyl (C=O) groups excluding carboxylic acids is 1. The van der Waals surface area contributed by atoms with Crippen LogP contribution in [0.4, 0.5) is 18.9 Å². The Balaban J connectivity index is 1.65. The summed E-state index contributed by atoms with van der Waals surface area (Å²) in [5.74, 6) is 1.04. The fourth-order valence-corrected chi connectivity index (χ4v) is 4.99. The number of amides is 1. The van der Waals surface area contributed by atoms with E-state index >= 15 is 0 Å². The Morgan fingerprint density at radius 1 is 1.24 bits per heavy atom. The number of alkyl halides is 3. The summed E-state index contributed by atoms with van der Waals surface area (Å²) in [5.41, 5.74) is 2.38. The van der Waals surface area contributed by atoms with Crippen LogP contribution in [0.5, 0.6) is 0 Å². The molecule has 9 heteroatoms. The molecule has 2 aliphatic rings. The highest BCUT2D eigenvalue weighted by Gasteiger charge is 2.36. The van der Waals surface area contributed by atoms with Gasteiger partial charge in [0.1, 0.15) is 5.84 Å². The van der Waals surface area contributed by atoms with E-state index in [0.29, 0.717) is 44.1 Å². The lowest BCUT2D eigenvalue weighted by atomic mass is 9.89. The number of benzene rings is 1. The van der Waals surface area contributed by atoms with Crippen molar-refractivity contribution in [1.82, 2.24) is 15.5 Å². The van der Waals surface area contributed by atoms with E-state index in [9.17, 15) is 18.0 Å². The van der Waals surface area contributed by atoms with Gasteiger partial charge >= 0.3 is 6.18 Å². The Morgan fingerprint density at radius 3 is 2.66 bits per heavy atom.